The molecule has 23 heavy (non-hydrogen) atoms. The standard InChI is InChI=1S/C18H18ClN3O/c1-13(16-4-2-3-5-17(16)19)21-12-18(23)22-15-8-6-14(7-9-15)10-11-20/h2-9,13,21H,10,12H2,1H3,(H,22,23)/t13-/m1/s1. The Balaban J connectivity index is 1.85. The Labute approximate surface area is 141 Å². The maximum Gasteiger partial charge on any atom is 0.238 e. The second-order valence-corrected chi connectivity index (χ2v) is 5.61. The summed E-state index contributed by atoms with van der Waals surface area (Å²) in [7, 11) is 0. The second-order valence-electron chi connectivity index (χ2n) is 5.20. The first-order valence-corrected chi connectivity index (χ1v) is 7.71. The summed E-state index contributed by atoms with van der Waals surface area (Å²) < 4.78 is 0. The van der Waals surface area contributed by atoms with Gasteiger partial charge in [0, 0.05) is 16.8 Å². The molecule has 0 unspecified atom stereocenters. The highest BCUT2D eigenvalue weighted by atomic mass is 35.5. The zero-order chi connectivity index (χ0) is 16.7. The van der Waals surface area contributed by atoms with E-state index in [0.717, 1.165) is 11.1 Å². The molecular formula is C18H18ClN3O. The number of nitrogens with one attached hydrogen (secondary N) is 2. The van der Waals surface area contributed by atoms with Gasteiger partial charge in [0.25, 0.3) is 0 Å². The van der Waals surface area contributed by atoms with Crippen LogP contribution in [0.1, 0.15) is 24.1 Å². The van der Waals surface area contributed by atoms with Crippen molar-refractivity contribution in [2.24, 2.45) is 0 Å². The molecule has 0 saturated heterocycles. The van der Waals surface area contributed by atoms with Crippen LogP contribution in [0.3, 0.4) is 0 Å². The number of anilines is 1. The molecule has 0 aliphatic heterocycles. The van der Waals surface area contributed by atoms with Gasteiger partial charge in [-0.05, 0) is 36.2 Å². The van der Waals surface area contributed by atoms with E-state index in [1.807, 2.05) is 43.3 Å². The Morgan fingerprint density at radius 2 is 1.91 bits per heavy atom. The van der Waals surface area contributed by atoms with Crippen molar-refractivity contribution in [3.63, 3.8) is 0 Å². The van der Waals surface area contributed by atoms with E-state index in [4.69, 9.17) is 16.9 Å². The summed E-state index contributed by atoms with van der Waals surface area (Å²) in [5.74, 6) is -0.128. The van der Waals surface area contributed by atoms with Crippen LogP contribution < -0.4 is 10.6 Å². The summed E-state index contributed by atoms with van der Waals surface area (Å²) in [6.45, 7) is 2.15. The SMILES string of the molecule is C[C@@H](NCC(=O)Nc1ccc(CC#N)cc1)c1ccccc1Cl. The monoisotopic (exact) mass is 327 g/mol. The van der Waals surface area contributed by atoms with Gasteiger partial charge in [-0.2, -0.15) is 5.26 Å². The molecule has 0 radical (unpaired) electrons. The average molecular weight is 328 g/mol. The van der Waals surface area contributed by atoms with Crippen LogP contribution in [0.2, 0.25) is 5.02 Å². The molecule has 0 bridgehead atoms. The smallest absolute Gasteiger partial charge is 0.238 e. The fourth-order valence-corrected chi connectivity index (χ4v) is 2.48. The fraction of sp³-hybridized carbons (Fsp3) is 0.222. The number of nitrogens with zero attached hydrogens (tertiary/aromatic N) is 1. The Hall–Kier alpha value is -2.35. The second kappa shape index (κ2) is 8.33. The van der Waals surface area contributed by atoms with Gasteiger partial charge in [0.05, 0.1) is 19.0 Å². The van der Waals surface area contributed by atoms with Crippen LogP contribution in [0.15, 0.2) is 48.5 Å². The normalized spacial score (nSPS) is 11.5. The van der Waals surface area contributed by atoms with Gasteiger partial charge in [0.2, 0.25) is 5.91 Å². The van der Waals surface area contributed by atoms with Crippen molar-refractivity contribution >= 4 is 23.2 Å². The summed E-state index contributed by atoms with van der Waals surface area (Å²) in [6, 6.07) is 16.9. The van der Waals surface area contributed by atoms with Crippen LogP contribution in [-0.4, -0.2) is 12.5 Å². The Morgan fingerprint density at radius 3 is 2.57 bits per heavy atom. The molecule has 118 valence electrons. The van der Waals surface area contributed by atoms with E-state index >= 15 is 0 Å². The lowest BCUT2D eigenvalue weighted by Crippen LogP contribution is -2.30. The Bertz CT molecular complexity index is 707. The van der Waals surface area contributed by atoms with Crippen molar-refractivity contribution in [1.82, 2.24) is 5.32 Å². The molecule has 2 rings (SSSR count). The van der Waals surface area contributed by atoms with Gasteiger partial charge in [-0.3, -0.25) is 4.79 Å². The first kappa shape index (κ1) is 17.0. The van der Waals surface area contributed by atoms with Gasteiger partial charge >= 0.3 is 0 Å². The molecule has 5 heteroatoms. The first-order valence-electron chi connectivity index (χ1n) is 7.33. The van der Waals surface area contributed by atoms with E-state index in [-0.39, 0.29) is 18.5 Å². The van der Waals surface area contributed by atoms with E-state index in [9.17, 15) is 4.79 Å². The third-order valence-corrected chi connectivity index (χ3v) is 3.81. The van der Waals surface area contributed by atoms with Crippen LogP contribution in [0.4, 0.5) is 5.69 Å². The third kappa shape index (κ3) is 5.10. The number of nitriles is 1. The van der Waals surface area contributed by atoms with Crippen molar-refractivity contribution in [3.05, 3.63) is 64.7 Å². The van der Waals surface area contributed by atoms with Crippen molar-refractivity contribution in [1.29, 1.82) is 5.26 Å². The van der Waals surface area contributed by atoms with E-state index in [0.29, 0.717) is 17.1 Å². The molecule has 0 spiro atoms. The number of rotatable bonds is 6. The number of hydrogen-bond acceptors (Lipinski definition) is 3. The van der Waals surface area contributed by atoms with Crippen molar-refractivity contribution in [2.45, 2.75) is 19.4 Å². The number of benzene rings is 2. The van der Waals surface area contributed by atoms with Gasteiger partial charge in [-0.1, -0.05) is 41.9 Å². The largest absolute Gasteiger partial charge is 0.325 e. The van der Waals surface area contributed by atoms with Crippen LogP contribution in [0.5, 0.6) is 0 Å². The molecule has 2 aromatic carbocycles. The topological polar surface area (TPSA) is 64.9 Å². The number of hydrogen-bond donors (Lipinski definition) is 2. The highest BCUT2D eigenvalue weighted by Crippen LogP contribution is 2.21. The van der Waals surface area contributed by atoms with E-state index in [1.165, 1.54) is 0 Å². The molecule has 0 fully saturated rings. The summed E-state index contributed by atoms with van der Waals surface area (Å²) in [5, 5.41) is 15.3. The minimum atomic E-state index is -0.128. The van der Waals surface area contributed by atoms with Gasteiger partial charge in [0.1, 0.15) is 0 Å². The number of carbonyl (C=O) groups excluding carboxylic acids is 1. The Kier molecular flexibility index (Phi) is 6.16. The van der Waals surface area contributed by atoms with Crippen LogP contribution in [0.25, 0.3) is 0 Å². The van der Waals surface area contributed by atoms with E-state index in [1.54, 1.807) is 12.1 Å². The lowest BCUT2D eigenvalue weighted by atomic mass is 10.1. The summed E-state index contributed by atoms with van der Waals surface area (Å²) in [6.07, 6.45) is 0.366. The predicted octanol–water partition coefficient (Wildman–Crippen LogP) is 3.70. The molecule has 2 N–H and O–H groups in total. The minimum absolute atomic E-state index is 0.0209. The zero-order valence-electron chi connectivity index (χ0n) is 12.8. The predicted molar refractivity (Wildman–Crippen MR) is 92.3 cm³/mol. The summed E-state index contributed by atoms with van der Waals surface area (Å²) in [4.78, 5) is 12.0. The van der Waals surface area contributed by atoms with Crippen molar-refractivity contribution in [3.8, 4) is 6.07 Å². The van der Waals surface area contributed by atoms with Gasteiger partial charge in [-0.15, -0.1) is 0 Å². The number of carbonyl (C=O) groups is 1. The molecule has 0 saturated carbocycles. The molecule has 0 heterocycles. The highest BCUT2D eigenvalue weighted by molar-refractivity contribution is 6.31. The van der Waals surface area contributed by atoms with Crippen LogP contribution in [-0.2, 0) is 11.2 Å². The average Bonchev–Trinajstić information content (AvgIpc) is 2.55. The molecule has 2 aromatic rings. The zero-order valence-corrected chi connectivity index (χ0v) is 13.6. The maximum atomic E-state index is 12.0. The molecular weight excluding hydrogens is 310 g/mol. The fourth-order valence-electron chi connectivity index (χ4n) is 2.18. The van der Waals surface area contributed by atoms with Gasteiger partial charge < -0.3 is 10.6 Å². The highest BCUT2D eigenvalue weighted by Gasteiger charge is 2.10. The minimum Gasteiger partial charge on any atom is -0.325 e. The van der Waals surface area contributed by atoms with Crippen molar-refractivity contribution in [2.75, 3.05) is 11.9 Å². The third-order valence-electron chi connectivity index (χ3n) is 3.46. The van der Waals surface area contributed by atoms with Gasteiger partial charge in [0.15, 0.2) is 0 Å². The first-order chi connectivity index (χ1) is 11.1. The van der Waals surface area contributed by atoms with E-state index < -0.39 is 0 Å². The number of amides is 1. The molecule has 1 amide bonds. The summed E-state index contributed by atoms with van der Waals surface area (Å²) in [5.41, 5.74) is 2.60. The quantitative estimate of drug-likeness (QED) is 0.850. The molecule has 4 nitrogen and oxygen atoms in total. The maximum absolute atomic E-state index is 12.0. The van der Waals surface area contributed by atoms with Crippen molar-refractivity contribution < 1.29 is 4.79 Å². The van der Waals surface area contributed by atoms with Gasteiger partial charge in [-0.25, -0.2) is 0 Å². The molecule has 0 aliphatic carbocycles. The van der Waals surface area contributed by atoms with E-state index in [2.05, 4.69) is 16.7 Å². The summed E-state index contributed by atoms with van der Waals surface area (Å²) >= 11 is 6.14. The lowest BCUT2D eigenvalue weighted by Gasteiger charge is -2.15. The van der Waals surface area contributed by atoms with Crippen LogP contribution >= 0.6 is 11.6 Å². The molecule has 0 aromatic heterocycles. The lowest BCUT2D eigenvalue weighted by molar-refractivity contribution is -0.115. The van der Waals surface area contributed by atoms with Crippen LogP contribution in [0, 0.1) is 11.3 Å². The Morgan fingerprint density at radius 1 is 1.22 bits per heavy atom. The molecule has 0 aliphatic rings. The number of halogens is 1. The molecule has 1 atom stereocenters.